The number of allylic oxidation sites excluding steroid dienone is 5. The van der Waals surface area contributed by atoms with Gasteiger partial charge in [0, 0.05) is 22.3 Å². The highest BCUT2D eigenvalue weighted by atomic mass is 35.9. The van der Waals surface area contributed by atoms with Crippen LogP contribution < -0.4 is 0 Å². The van der Waals surface area contributed by atoms with Crippen LogP contribution in [0.4, 0.5) is 0 Å². The third-order valence-corrected chi connectivity index (χ3v) is 4.43. The van der Waals surface area contributed by atoms with E-state index in [1.165, 1.54) is 0 Å². The van der Waals surface area contributed by atoms with Crippen LogP contribution in [0.25, 0.3) is 5.03 Å². The maximum Gasteiger partial charge on any atom is 0.364 e. The van der Waals surface area contributed by atoms with Crippen LogP contribution in [-0.4, -0.2) is 11.5 Å². The molecule has 0 saturated carbocycles. The van der Waals surface area contributed by atoms with E-state index < -0.39 is 6.00 Å². The van der Waals surface area contributed by atoms with Gasteiger partial charge in [0.2, 0.25) is 0 Å². The van der Waals surface area contributed by atoms with Crippen molar-refractivity contribution in [3.8, 4) is 0 Å². The summed E-state index contributed by atoms with van der Waals surface area (Å²) in [7, 11) is 0. The van der Waals surface area contributed by atoms with Gasteiger partial charge >= 0.3 is 6.00 Å². The van der Waals surface area contributed by atoms with Crippen LogP contribution in [0.15, 0.2) is 58.4 Å². The third-order valence-electron chi connectivity index (χ3n) is 3.14. The smallest absolute Gasteiger partial charge is 0.289 e. The van der Waals surface area contributed by atoms with Crippen molar-refractivity contribution >= 4 is 56.6 Å². The van der Waals surface area contributed by atoms with Crippen LogP contribution in [-0.2, 0) is 4.57 Å². The summed E-state index contributed by atoms with van der Waals surface area (Å²) in [6.07, 6.45) is 4.83. The standard InChI is InChI=1S/C14H7Cl3NO2P/c15-13-8-4-1-2-5-9(8)14(19)10-6-3-7-11(12(10)13)18-21(16,17)20/h1-7H/b18-11+. The molecule has 0 saturated heterocycles. The van der Waals surface area contributed by atoms with Gasteiger partial charge in [0.15, 0.2) is 5.78 Å². The monoisotopic (exact) mass is 357 g/mol. The molecule has 7 heteroatoms. The molecule has 106 valence electrons. The molecule has 2 aliphatic rings. The second-order valence-electron chi connectivity index (χ2n) is 4.42. The quantitative estimate of drug-likeness (QED) is 0.635. The predicted molar refractivity (Wildman–Crippen MR) is 87.5 cm³/mol. The number of carbonyl (C=O) groups excluding carboxylic acids is 1. The highest BCUT2D eigenvalue weighted by Gasteiger charge is 2.32. The molecule has 0 aliphatic heterocycles. The van der Waals surface area contributed by atoms with Gasteiger partial charge in [-0.3, -0.25) is 9.36 Å². The number of fused-ring (bicyclic) bond motifs is 2. The molecule has 1 aromatic carbocycles. The number of Topliss-reactive ketones (excluding diaryl/α,β-unsaturated/α-hetero) is 1. The van der Waals surface area contributed by atoms with Gasteiger partial charge in [0.1, 0.15) is 0 Å². The number of hydrogen-bond donors (Lipinski definition) is 0. The fourth-order valence-electron chi connectivity index (χ4n) is 2.32. The predicted octanol–water partition coefficient (Wildman–Crippen LogP) is 5.36. The van der Waals surface area contributed by atoms with Crippen LogP contribution in [0, 0.1) is 0 Å². The minimum absolute atomic E-state index is 0.166. The average Bonchev–Trinajstić information content (AvgIpc) is 2.43. The number of hydrogen-bond acceptors (Lipinski definition) is 2. The first-order valence-corrected chi connectivity index (χ1v) is 9.76. The van der Waals surface area contributed by atoms with Crippen LogP contribution in [0.1, 0.15) is 15.9 Å². The second kappa shape index (κ2) is 5.26. The molecule has 0 N–H and O–H groups in total. The first-order chi connectivity index (χ1) is 9.88. The van der Waals surface area contributed by atoms with E-state index in [2.05, 4.69) is 4.76 Å². The summed E-state index contributed by atoms with van der Waals surface area (Å²) in [5, 5.41) is 0.362. The molecule has 3 nitrogen and oxygen atoms in total. The lowest BCUT2D eigenvalue weighted by atomic mass is 9.82. The summed E-state index contributed by atoms with van der Waals surface area (Å²) in [4.78, 5) is 12.5. The normalized spacial score (nSPS) is 19.5. The van der Waals surface area contributed by atoms with E-state index in [0.717, 1.165) is 0 Å². The molecular weight excluding hydrogens is 351 g/mol. The summed E-state index contributed by atoms with van der Waals surface area (Å²) in [6.45, 7) is 0. The van der Waals surface area contributed by atoms with Crippen molar-refractivity contribution in [3.05, 3.63) is 64.8 Å². The van der Waals surface area contributed by atoms with Crippen molar-refractivity contribution in [2.24, 2.45) is 4.76 Å². The Morgan fingerprint density at radius 2 is 1.76 bits per heavy atom. The molecular formula is C14H7Cl3NO2P. The minimum atomic E-state index is -3.68. The Morgan fingerprint density at radius 3 is 2.43 bits per heavy atom. The zero-order valence-corrected chi connectivity index (χ0v) is 13.5. The van der Waals surface area contributed by atoms with Gasteiger partial charge in [0.05, 0.1) is 10.7 Å². The van der Waals surface area contributed by atoms with Crippen LogP contribution in [0.3, 0.4) is 0 Å². The molecule has 0 bridgehead atoms. The maximum atomic E-state index is 12.5. The number of carbonyl (C=O) groups is 1. The van der Waals surface area contributed by atoms with E-state index in [0.29, 0.717) is 27.3 Å². The Morgan fingerprint density at radius 1 is 1.10 bits per heavy atom. The molecule has 3 rings (SSSR count). The number of benzene rings is 1. The lowest BCUT2D eigenvalue weighted by Crippen LogP contribution is -2.20. The first kappa shape index (κ1) is 14.8. The largest absolute Gasteiger partial charge is 0.364 e. The molecule has 0 aromatic heterocycles. The Balaban J connectivity index is 2.31. The number of rotatable bonds is 1. The number of ketones is 1. The van der Waals surface area contributed by atoms with Crippen molar-refractivity contribution < 1.29 is 9.36 Å². The Kier molecular flexibility index (Phi) is 3.71. The first-order valence-electron chi connectivity index (χ1n) is 5.91. The van der Waals surface area contributed by atoms with E-state index in [4.69, 9.17) is 34.1 Å². The fraction of sp³-hybridized carbons (Fsp3) is 0. The second-order valence-corrected chi connectivity index (χ2v) is 9.14. The lowest BCUT2D eigenvalue weighted by Gasteiger charge is -2.23. The molecule has 21 heavy (non-hydrogen) atoms. The van der Waals surface area contributed by atoms with Gasteiger partial charge in [-0.15, -0.1) is 0 Å². The zero-order chi connectivity index (χ0) is 15.2. The summed E-state index contributed by atoms with van der Waals surface area (Å²) in [6, 6.07) is 7.01. The van der Waals surface area contributed by atoms with Gasteiger partial charge < -0.3 is 0 Å². The van der Waals surface area contributed by atoms with E-state index >= 15 is 0 Å². The van der Waals surface area contributed by atoms with Gasteiger partial charge in [-0.1, -0.05) is 48.0 Å². The number of halogens is 3. The highest BCUT2D eigenvalue weighted by Crippen LogP contribution is 2.59. The van der Waals surface area contributed by atoms with Gasteiger partial charge in [-0.05, 0) is 28.6 Å². The number of nitrogens with zero attached hydrogens (tertiary/aromatic N) is 1. The molecule has 2 aliphatic carbocycles. The van der Waals surface area contributed by atoms with Crippen molar-refractivity contribution in [2.45, 2.75) is 0 Å². The van der Waals surface area contributed by atoms with E-state index in [1.54, 1.807) is 42.5 Å². The summed E-state index contributed by atoms with van der Waals surface area (Å²) in [5.74, 6) is -3.84. The van der Waals surface area contributed by atoms with Gasteiger partial charge in [-0.25, -0.2) is 0 Å². The molecule has 0 fully saturated rings. The Bertz CT molecular complexity index is 830. The molecule has 0 spiro atoms. The van der Waals surface area contributed by atoms with Crippen LogP contribution in [0.2, 0.25) is 0 Å². The SMILES string of the molecule is O=C1C2=CC=C/C(=N\P(=O)(Cl)Cl)C2=C(Cl)c2ccccc21. The van der Waals surface area contributed by atoms with E-state index in [1.807, 2.05) is 0 Å². The third kappa shape index (κ3) is 2.67. The lowest BCUT2D eigenvalue weighted by molar-refractivity contribution is 0.103. The topological polar surface area (TPSA) is 46.5 Å². The molecule has 0 atom stereocenters. The van der Waals surface area contributed by atoms with Crippen LogP contribution in [0.5, 0.6) is 0 Å². The van der Waals surface area contributed by atoms with Crippen molar-refractivity contribution in [2.75, 3.05) is 0 Å². The Hall–Kier alpha value is -1.12. The molecule has 0 radical (unpaired) electrons. The summed E-state index contributed by atoms with van der Waals surface area (Å²) >= 11 is 17.4. The molecule has 0 amide bonds. The minimum Gasteiger partial charge on any atom is -0.289 e. The molecule has 0 unspecified atom stereocenters. The van der Waals surface area contributed by atoms with E-state index in [-0.39, 0.29) is 11.5 Å². The van der Waals surface area contributed by atoms with Gasteiger partial charge in [0.25, 0.3) is 0 Å². The molecule has 0 heterocycles. The zero-order valence-electron chi connectivity index (χ0n) is 10.4. The summed E-state index contributed by atoms with van der Waals surface area (Å²) in [5.41, 5.74) is 2.17. The van der Waals surface area contributed by atoms with E-state index in [9.17, 15) is 9.36 Å². The Labute approximate surface area is 135 Å². The van der Waals surface area contributed by atoms with Crippen LogP contribution >= 0.6 is 40.1 Å². The van der Waals surface area contributed by atoms with Crippen molar-refractivity contribution in [1.82, 2.24) is 0 Å². The summed E-state index contributed by atoms with van der Waals surface area (Å²) < 4.78 is 15.3. The van der Waals surface area contributed by atoms with Crippen molar-refractivity contribution in [3.63, 3.8) is 0 Å². The average molecular weight is 359 g/mol. The van der Waals surface area contributed by atoms with Crippen molar-refractivity contribution in [1.29, 1.82) is 0 Å². The highest BCUT2D eigenvalue weighted by molar-refractivity contribution is 8.07. The molecule has 1 aromatic rings. The fourth-order valence-corrected chi connectivity index (χ4v) is 3.59. The van der Waals surface area contributed by atoms with Gasteiger partial charge in [-0.2, -0.15) is 4.76 Å². The maximum absolute atomic E-state index is 12.5.